The van der Waals surface area contributed by atoms with Gasteiger partial charge in [0.1, 0.15) is 36.6 Å². The second-order valence-corrected chi connectivity index (χ2v) is 12.2. The molecular weight excluding hydrogens is 578 g/mol. The van der Waals surface area contributed by atoms with Gasteiger partial charge >= 0.3 is 5.69 Å². The van der Waals surface area contributed by atoms with Crippen molar-refractivity contribution in [1.29, 1.82) is 0 Å². The Morgan fingerprint density at radius 2 is 1.61 bits per heavy atom. The number of amides is 1. The van der Waals surface area contributed by atoms with Crippen LogP contribution in [0.5, 0.6) is 0 Å². The third kappa shape index (κ3) is 10.0. The molecule has 0 aliphatic carbocycles. The average molecular weight is 628 g/mol. The minimum atomic E-state index is -1.73. The fourth-order valence-electron chi connectivity index (χ4n) is 5.63. The first kappa shape index (κ1) is 36.0. The summed E-state index contributed by atoms with van der Waals surface area (Å²) >= 11 is 0. The Morgan fingerprint density at radius 1 is 0.955 bits per heavy atom. The van der Waals surface area contributed by atoms with Crippen molar-refractivity contribution in [2.75, 3.05) is 0 Å². The van der Waals surface area contributed by atoms with E-state index in [-0.39, 0.29) is 0 Å². The van der Waals surface area contributed by atoms with E-state index in [2.05, 4.69) is 19.2 Å². The van der Waals surface area contributed by atoms with Crippen molar-refractivity contribution in [2.45, 2.75) is 139 Å². The molecule has 2 aliphatic heterocycles. The number of aromatic nitrogens is 2. The van der Waals surface area contributed by atoms with E-state index in [9.17, 15) is 45.0 Å². The average Bonchev–Trinajstić information content (AvgIpc) is 3.26. The largest absolute Gasteiger partial charge is 0.390 e. The second kappa shape index (κ2) is 17.3. The Balaban J connectivity index is 1.42. The zero-order valence-electron chi connectivity index (χ0n) is 25.4. The minimum absolute atomic E-state index is 0.449. The molecule has 1 aromatic heterocycles. The molecule has 2 saturated heterocycles. The number of allylic oxidation sites excluding steroid dienone is 1. The predicted octanol–water partition coefficient (Wildman–Crippen LogP) is -0.446. The molecule has 1 aromatic rings. The Hall–Kier alpha value is -2.43. The molecule has 0 radical (unpaired) electrons. The first-order chi connectivity index (χ1) is 20.9. The molecule has 2 aliphatic rings. The van der Waals surface area contributed by atoms with Crippen molar-refractivity contribution in [2.24, 2.45) is 5.92 Å². The topological polar surface area (TPSA) is 224 Å². The summed E-state index contributed by atoms with van der Waals surface area (Å²) in [6, 6.07) is -0.329. The standard InChI is InChI=1S/C30H49N3O11/c1-17(2)12-10-8-6-4-3-5-7-9-11-13-20(35)31-22-24(38)23(37)19(43-29(22)41)16-18(34)27-25(39)26(40)28(44-27)33-15-14-21(36)32-30(33)42/h11,13-15,17-19,22-29,34,37-41H,3-10,12,16H2,1-2H3,(H,31,35)(H,32,36,42)/b13-11+/t18-,19-,22-,23+,24-,25+,26-,27-,28-,29?/m1/s1. The number of aliphatic hydroxyl groups is 6. The van der Waals surface area contributed by atoms with Crippen LogP contribution in [0.1, 0.15) is 84.3 Å². The van der Waals surface area contributed by atoms with Crippen LogP contribution >= 0.6 is 0 Å². The van der Waals surface area contributed by atoms with Crippen molar-refractivity contribution in [1.82, 2.24) is 14.9 Å². The number of H-pyrrole nitrogens is 1. The van der Waals surface area contributed by atoms with Crippen LogP contribution in [0.15, 0.2) is 34.0 Å². The maximum absolute atomic E-state index is 12.4. The highest BCUT2D eigenvalue weighted by Crippen LogP contribution is 2.33. The molecule has 2 fully saturated rings. The third-order valence-corrected chi connectivity index (χ3v) is 8.20. The lowest BCUT2D eigenvalue weighted by Crippen LogP contribution is -2.64. The lowest BCUT2D eigenvalue weighted by Gasteiger charge is -2.41. The number of carbonyl (C=O) groups is 1. The summed E-state index contributed by atoms with van der Waals surface area (Å²) in [6.45, 7) is 4.48. The van der Waals surface area contributed by atoms with Gasteiger partial charge in [-0.2, -0.15) is 0 Å². The Labute approximate surface area is 256 Å². The monoisotopic (exact) mass is 627 g/mol. The Bertz CT molecular complexity index is 1170. The molecule has 14 nitrogen and oxygen atoms in total. The molecule has 0 bridgehead atoms. The van der Waals surface area contributed by atoms with Crippen molar-refractivity contribution >= 4 is 5.91 Å². The number of nitrogens with one attached hydrogen (secondary N) is 2. The van der Waals surface area contributed by atoms with Gasteiger partial charge in [-0.1, -0.05) is 64.9 Å². The molecular formula is C30H49N3O11. The fraction of sp³-hybridized carbons (Fsp3) is 0.767. The number of rotatable bonds is 16. The van der Waals surface area contributed by atoms with Gasteiger partial charge in [-0.15, -0.1) is 0 Å². The van der Waals surface area contributed by atoms with Crippen LogP contribution in [0, 0.1) is 5.92 Å². The van der Waals surface area contributed by atoms with Crippen molar-refractivity contribution in [3.8, 4) is 0 Å². The van der Waals surface area contributed by atoms with Crippen molar-refractivity contribution in [3.05, 3.63) is 45.3 Å². The van der Waals surface area contributed by atoms with E-state index in [0.717, 1.165) is 42.0 Å². The molecule has 0 saturated carbocycles. The minimum Gasteiger partial charge on any atom is -0.390 e. The van der Waals surface area contributed by atoms with Crippen LogP contribution in [-0.4, -0.2) is 101 Å². The zero-order chi connectivity index (χ0) is 32.4. The first-order valence-corrected chi connectivity index (χ1v) is 15.6. The number of hydrogen-bond donors (Lipinski definition) is 8. The van der Waals surface area contributed by atoms with Gasteiger partial charge in [0.25, 0.3) is 5.56 Å². The van der Waals surface area contributed by atoms with Crippen LogP contribution in [0.25, 0.3) is 0 Å². The van der Waals surface area contributed by atoms with Crippen molar-refractivity contribution < 1.29 is 44.9 Å². The molecule has 10 atom stereocenters. The molecule has 3 heterocycles. The molecule has 1 amide bonds. The summed E-state index contributed by atoms with van der Waals surface area (Å²) in [4.78, 5) is 37.8. The predicted molar refractivity (Wildman–Crippen MR) is 158 cm³/mol. The summed E-state index contributed by atoms with van der Waals surface area (Å²) in [5.74, 6) is 0.177. The SMILES string of the molecule is CC(C)CCCCCCCCC/C=C/C(=O)N[C@H]1C(O)O[C@H](C[C@@H](O)[C@H]2O[C@@H](n3ccc(=O)[nH]c3=O)[C@H](O)[C@@H]2O)[C@H](O)[C@@H]1O. The van der Waals surface area contributed by atoms with Gasteiger partial charge in [0.2, 0.25) is 5.91 Å². The van der Waals surface area contributed by atoms with E-state index >= 15 is 0 Å². The second-order valence-electron chi connectivity index (χ2n) is 12.2. The first-order valence-electron chi connectivity index (χ1n) is 15.6. The lowest BCUT2D eigenvalue weighted by atomic mass is 9.91. The smallest absolute Gasteiger partial charge is 0.330 e. The molecule has 3 rings (SSSR count). The zero-order valence-corrected chi connectivity index (χ0v) is 25.4. The third-order valence-electron chi connectivity index (χ3n) is 8.20. The number of hydrogen-bond acceptors (Lipinski definition) is 11. The van der Waals surface area contributed by atoms with E-state index in [1.807, 2.05) is 4.98 Å². The number of unbranched alkanes of at least 4 members (excludes halogenated alkanes) is 7. The Morgan fingerprint density at radius 3 is 2.27 bits per heavy atom. The number of aliphatic hydroxyl groups excluding tert-OH is 6. The van der Waals surface area contributed by atoms with Crippen LogP contribution < -0.4 is 16.6 Å². The maximum Gasteiger partial charge on any atom is 0.330 e. The molecule has 14 heteroatoms. The quantitative estimate of drug-likeness (QED) is 0.0866. The van der Waals surface area contributed by atoms with Gasteiger partial charge in [-0.3, -0.25) is 19.1 Å². The van der Waals surface area contributed by atoms with Crippen molar-refractivity contribution in [3.63, 3.8) is 0 Å². The van der Waals surface area contributed by atoms with E-state index in [1.54, 1.807) is 6.08 Å². The van der Waals surface area contributed by atoms with Gasteiger partial charge in [0, 0.05) is 18.7 Å². The number of ether oxygens (including phenoxy) is 2. The van der Waals surface area contributed by atoms with Gasteiger partial charge in [0.05, 0.1) is 12.2 Å². The Kier molecular flexibility index (Phi) is 14.2. The molecule has 0 spiro atoms. The number of nitrogens with zero attached hydrogens (tertiary/aromatic N) is 1. The van der Waals surface area contributed by atoms with E-state index in [1.165, 1.54) is 38.2 Å². The van der Waals surface area contributed by atoms with Crippen LogP contribution in [0.3, 0.4) is 0 Å². The number of carbonyl (C=O) groups excluding carboxylic acids is 1. The summed E-state index contributed by atoms with van der Waals surface area (Å²) in [7, 11) is 0. The molecule has 1 unspecified atom stereocenters. The molecule has 44 heavy (non-hydrogen) atoms. The summed E-state index contributed by atoms with van der Waals surface area (Å²) in [5, 5.41) is 65.7. The highest BCUT2D eigenvalue weighted by atomic mass is 16.6. The lowest BCUT2D eigenvalue weighted by molar-refractivity contribution is -0.255. The van der Waals surface area contributed by atoms with E-state index in [0.29, 0.717) is 6.42 Å². The molecule has 8 N–H and O–H groups in total. The number of aromatic amines is 1. The summed E-state index contributed by atoms with van der Waals surface area (Å²) in [6.07, 6.45) is -0.369. The van der Waals surface area contributed by atoms with Gasteiger partial charge < -0.3 is 45.4 Å². The maximum atomic E-state index is 12.4. The van der Waals surface area contributed by atoms with Gasteiger partial charge in [-0.05, 0) is 24.8 Å². The van der Waals surface area contributed by atoms with E-state index < -0.39 is 84.9 Å². The van der Waals surface area contributed by atoms with E-state index in [4.69, 9.17) is 9.47 Å². The summed E-state index contributed by atoms with van der Waals surface area (Å²) in [5.41, 5.74) is -1.58. The van der Waals surface area contributed by atoms with Crippen LogP contribution in [0.4, 0.5) is 0 Å². The summed E-state index contributed by atoms with van der Waals surface area (Å²) < 4.78 is 11.8. The van der Waals surface area contributed by atoms with Gasteiger partial charge in [-0.25, -0.2) is 4.79 Å². The molecule has 250 valence electrons. The highest BCUT2D eigenvalue weighted by molar-refractivity contribution is 5.87. The van der Waals surface area contributed by atoms with Gasteiger partial charge in [0.15, 0.2) is 12.5 Å². The normalized spacial score (nSPS) is 31.5. The fourth-order valence-corrected chi connectivity index (χ4v) is 5.63. The molecule has 0 aromatic carbocycles. The highest BCUT2D eigenvalue weighted by Gasteiger charge is 2.50. The van der Waals surface area contributed by atoms with Crippen LogP contribution in [0.2, 0.25) is 0 Å². The van der Waals surface area contributed by atoms with Crippen LogP contribution in [-0.2, 0) is 14.3 Å².